The van der Waals surface area contributed by atoms with Gasteiger partial charge in [0.15, 0.2) is 0 Å². The Kier molecular flexibility index (Phi) is 6.18. The molecule has 5 nitrogen and oxygen atoms in total. The minimum Gasteiger partial charge on any atom is -0.376 e. The molecular weight excluding hydrogens is 393 g/mol. The van der Waals surface area contributed by atoms with Crippen LogP contribution in [0.15, 0.2) is 48.5 Å². The van der Waals surface area contributed by atoms with E-state index in [4.69, 9.17) is 9.72 Å². The summed E-state index contributed by atoms with van der Waals surface area (Å²) < 4.78 is 19.6. The van der Waals surface area contributed by atoms with Gasteiger partial charge >= 0.3 is 0 Å². The lowest BCUT2D eigenvalue weighted by Crippen LogP contribution is -2.37. The lowest BCUT2D eigenvalue weighted by Gasteiger charge is -2.28. The van der Waals surface area contributed by atoms with Crippen LogP contribution in [-0.2, 0) is 11.3 Å². The third-order valence-electron chi connectivity index (χ3n) is 5.70. The van der Waals surface area contributed by atoms with Crippen molar-refractivity contribution in [3.05, 3.63) is 71.0 Å². The van der Waals surface area contributed by atoms with E-state index in [0.29, 0.717) is 25.3 Å². The molecule has 1 aliphatic heterocycles. The molecule has 162 valence electrons. The number of nitrogens with zero attached hydrogens (tertiary/aromatic N) is 3. The van der Waals surface area contributed by atoms with Crippen molar-refractivity contribution in [2.24, 2.45) is 0 Å². The van der Waals surface area contributed by atoms with E-state index < -0.39 is 5.82 Å². The van der Waals surface area contributed by atoms with E-state index in [-0.39, 0.29) is 12.0 Å². The van der Waals surface area contributed by atoms with Gasteiger partial charge < -0.3 is 14.5 Å². The van der Waals surface area contributed by atoms with E-state index in [2.05, 4.69) is 6.07 Å². The summed E-state index contributed by atoms with van der Waals surface area (Å²) >= 11 is 0. The van der Waals surface area contributed by atoms with Crippen molar-refractivity contribution in [1.29, 1.82) is 0 Å². The molecule has 1 unspecified atom stereocenters. The lowest BCUT2D eigenvalue weighted by atomic mass is 10.1. The number of rotatable bonds is 6. The highest BCUT2D eigenvalue weighted by Gasteiger charge is 2.25. The van der Waals surface area contributed by atoms with E-state index >= 15 is 0 Å². The zero-order valence-electron chi connectivity index (χ0n) is 18.3. The monoisotopic (exact) mass is 421 g/mol. The number of halogens is 1. The van der Waals surface area contributed by atoms with Gasteiger partial charge in [-0.3, -0.25) is 4.79 Å². The Balaban J connectivity index is 1.72. The second kappa shape index (κ2) is 9.02. The van der Waals surface area contributed by atoms with Gasteiger partial charge in [0.2, 0.25) is 0 Å². The summed E-state index contributed by atoms with van der Waals surface area (Å²) in [7, 11) is 3.91. The molecule has 0 spiro atoms. The van der Waals surface area contributed by atoms with Gasteiger partial charge in [-0.25, -0.2) is 9.37 Å². The van der Waals surface area contributed by atoms with Crippen LogP contribution in [0.1, 0.15) is 34.3 Å². The maximum Gasteiger partial charge on any atom is 0.254 e. The summed E-state index contributed by atoms with van der Waals surface area (Å²) in [6, 6.07) is 14.1. The Labute approximate surface area is 182 Å². The Morgan fingerprint density at radius 3 is 2.71 bits per heavy atom. The van der Waals surface area contributed by atoms with Gasteiger partial charge in [0, 0.05) is 50.3 Å². The average molecular weight is 422 g/mol. The van der Waals surface area contributed by atoms with Gasteiger partial charge in [0.05, 0.1) is 11.6 Å². The fourth-order valence-corrected chi connectivity index (χ4v) is 4.15. The van der Waals surface area contributed by atoms with Crippen LogP contribution in [0.2, 0.25) is 0 Å². The zero-order valence-corrected chi connectivity index (χ0v) is 18.3. The fourth-order valence-electron chi connectivity index (χ4n) is 4.15. The Hall–Kier alpha value is -2.99. The molecule has 1 aromatic heterocycles. The standard InChI is InChI=1S/C25H28FN3O2/c1-17-7-4-8-18-13-20(24(28(2)3)27-23(17)18)15-29(16-22-11-6-12-31-22)25(30)19-9-5-10-21(26)14-19/h4-5,7-10,13-14,22H,6,11-12,15-16H2,1-3H3. The molecule has 2 heterocycles. The number of aromatic nitrogens is 1. The number of para-hydroxylation sites is 1. The van der Waals surface area contributed by atoms with Crippen molar-refractivity contribution in [3.8, 4) is 0 Å². The summed E-state index contributed by atoms with van der Waals surface area (Å²) in [4.78, 5) is 22.0. The van der Waals surface area contributed by atoms with Crippen LogP contribution >= 0.6 is 0 Å². The van der Waals surface area contributed by atoms with Gasteiger partial charge in [-0.2, -0.15) is 0 Å². The van der Waals surface area contributed by atoms with Crippen molar-refractivity contribution in [2.75, 3.05) is 32.1 Å². The van der Waals surface area contributed by atoms with Crippen molar-refractivity contribution in [1.82, 2.24) is 9.88 Å². The van der Waals surface area contributed by atoms with Crippen LogP contribution in [-0.4, -0.2) is 49.1 Å². The number of ether oxygens (including phenoxy) is 1. The predicted molar refractivity (Wildman–Crippen MR) is 121 cm³/mol. The molecule has 2 aromatic carbocycles. The number of amides is 1. The number of anilines is 1. The average Bonchev–Trinajstić information content (AvgIpc) is 3.25. The SMILES string of the molecule is Cc1cccc2cc(CN(CC3CCCO3)C(=O)c3cccc(F)c3)c(N(C)C)nc12. The van der Waals surface area contributed by atoms with Crippen LogP contribution in [0.5, 0.6) is 0 Å². The Bertz CT molecular complexity index is 1090. The third kappa shape index (κ3) is 4.69. The molecule has 0 aliphatic carbocycles. The summed E-state index contributed by atoms with van der Waals surface area (Å²) in [6.45, 7) is 3.60. The summed E-state index contributed by atoms with van der Waals surface area (Å²) in [6.07, 6.45) is 1.91. The molecule has 1 amide bonds. The van der Waals surface area contributed by atoms with Crippen LogP contribution in [0.4, 0.5) is 10.2 Å². The maximum absolute atomic E-state index is 13.8. The fraction of sp³-hybridized carbons (Fsp3) is 0.360. The van der Waals surface area contributed by atoms with Crippen molar-refractivity contribution >= 4 is 22.6 Å². The first kappa shape index (κ1) is 21.2. The first-order chi connectivity index (χ1) is 14.9. The van der Waals surface area contributed by atoms with Crippen LogP contribution < -0.4 is 4.90 Å². The van der Waals surface area contributed by atoms with E-state index in [1.165, 1.54) is 12.1 Å². The first-order valence-electron chi connectivity index (χ1n) is 10.7. The van der Waals surface area contributed by atoms with Gasteiger partial charge in [-0.05, 0) is 49.6 Å². The Morgan fingerprint density at radius 2 is 2.00 bits per heavy atom. The topological polar surface area (TPSA) is 45.7 Å². The van der Waals surface area contributed by atoms with E-state index in [0.717, 1.165) is 40.7 Å². The molecule has 1 fully saturated rings. The van der Waals surface area contributed by atoms with Gasteiger partial charge in [-0.1, -0.05) is 24.3 Å². The largest absolute Gasteiger partial charge is 0.376 e. The third-order valence-corrected chi connectivity index (χ3v) is 5.70. The molecule has 0 N–H and O–H groups in total. The normalized spacial score (nSPS) is 15.9. The number of carbonyl (C=O) groups excluding carboxylic acids is 1. The van der Waals surface area contributed by atoms with Crippen LogP contribution in [0, 0.1) is 12.7 Å². The van der Waals surface area contributed by atoms with Crippen LogP contribution in [0.3, 0.4) is 0 Å². The predicted octanol–water partition coefficient (Wildman–Crippen LogP) is 4.57. The minimum absolute atomic E-state index is 0.00373. The molecule has 1 aliphatic rings. The molecule has 0 saturated carbocycles. The summed E-state index contributed by atoms with van der Waals surface area (Å²) in [5.74, 6) is 0.204. The number of pyridine rings is 1. The molecule has 1 atom stereocenters. The maximum atomic E-state index is 13.8. The summed E-state index contributed by atoms with van der Waals surface area (Å²) in [5.41, 5.74) is 3.36. The van der Waals surface area contributed by atoms with Crippen LogP contribution in [0.25, 0.3) is 10.9 Å². The van der Waals surface area contributed by atoms with Gasteiger partial charge in [-0.15, -0.1) is 0 Å². The lowest BCUT2D eigenvalue weighted by molar-refractivity contribution is 0.0507. The first-order valence-corrected chi connectivity index (χ1v) is 10.7. The number of hydrogen-bond acceptors (Lipinski definition) is 4. The van der Waals surface area contributed by atoms with E-state index in [9.17, 15) is 9.18 Å². The Morgan fingerprint density at radius 1 is 1.19 bits per heavy atom. The van der Waals surface area contributed by atoms with Gasteiger partial charge in [0.1, 0.15) is 11.6 Å². The highest BCUT2D eigenvalue weighted by Crippen LogP contribution is 2.27. The second-order valence-electron chi connectivity index (χ2n) is 8.34. The van der Waals surface area contributed by atoms with E-state index in [1.807, 2.05) is 44.1 Å². The molecule has 31 heavy (non-hydrogen) atoms. The minimum atomic E-state index is -0.417. The molecule has 6 heteroatoms. The van der Waals surface area contributed by atoms with Crippen molar-refractivity contribution in [3.63, 3.8) is 0 Å². The molecule has 4 rings (SSSR count). The number of carbonyl (C=O) groups is 1. The highest BCUT2D eigenvalue weighted by atomic mass is 19.1. The molecule has 0 bridgehead atoms. The molecule has 3 aromatic rings. The van der Waals surface area contributed by atoms with E-state index in [1.54, 1.807) is 17.0 Å². The molecular formula is C25H28FN3O2. The second-order valence-corrected chi connectivity index (χ2v) is 8.34. The number of hydrogen-bond donors (Lipinski definition) is 0. The molecule has 0 radical (unpaired) electrons. The highest BCUT2D eigenvalue weighted by molar-refractivity contribution is 5.94. The van der Waals surface area contributed by atoms with Crippen molar-refractivity contribution < 1.29 is 13.9 Å². The zero-order chi connectivity index (χ0) is 22.0. The summed E-state index contributed by atoms with van der Waals surface area (Å²) in [5, 5.41) is 1.04. The molecule has 1 saturated heterocycles. The number of fused-ring (bicyclic) bond motifs is 1. The number of benzene rings is 2. The smallest absolute Gasteiger partial charge is 0.254 e. The quantitative estimate of drug-likeness (QED) is 0.585. The van der Waals surface area contributed by atoms with Gasteiger partial charge in [0.25, 0.3) is 5.91 Å². The van der Waals surface area contributed by atoms with Crippen molar-refractivity contribution in [2.45, 2.75) is 32.4 Å². The number of aryl methyl sites for hydroxylation is 1.